The maximum Gasteiger partial charge on any atom is 0.330 e. The molecule has 0 amide bonds. The number of hydrogen-bond acceptors (Lipinski definition) is 3. The van der Waals surface area contributed by atoms with Crippen LogP contribution in [0.25, 0.3) is 17.2 Å². The summed E-state index contributed by atoms with van der Waals surface area (Å²) in [4.78, 5) is 11.7. The van der Waals surface area contributed by atoms with Gasteiger partial charge in [0.05, 0.1) is 6.61 Å². The number of phenolic OH excluding ortho intramolecular Hbond substituents is 1. The second-order valence-electron chi connectivity index (χ2n) is 10.5. The van der Waals surface area contributed by atoms with E-state index < -0.39 is 0 Å². The van der Waals surface area contributed by atoms with Crippen molar-refractivity contribution in [2.45, 2.75) is 64.7 Å². The van der Waals surface area contributed by atoms with E-state index in [1.54, 1.807) is 0 Å². The van der Waals surface area contributed by atoms with Crippen molar-refractivity contribution < 1.29 is 14.6 Å². The van der Waals surface area contributed by atoms with Crippen LogP contribution in [0.15, 0.2) is 36.4 Å². The Hall–Kier alpha value is -2.55. The van der Waals surface area contributed by atoms with E-state index in [0.717, 1.165) is 23.3 Å². The highest BCUT2D eigenvalue weighted by Crippen LogP contribution is 2.62. The number of carbonyl (C=O) groups excluding carboxylic acids is 1. The maximum absolute atomic E-state index is 11.7. The fourth-order valence-electron chi connectivity index (χ4n) is 7.46. The number of hydrogen-bond donors (Lipinski definition) is 1. The minimum Gasteiger partial charge on any atom is -0.508 e. The molecule has 0 aliphatic heterocycles. The van der Waals surface area contributed by atoms with Crippen molar-refractivity contribution in [3.05, 3.63) is 58.7 Å². The third-order valence-electron chi connectivity index (χ3n) is 8.15. The van der Waals surface area contributed by atoms with Gasteiger partial charge in [0.2, 0.25) is 0 Å². The zero-order valence-electron chi connectivity index (χ0n) is 19.5. The molecule has 6 rings (SSSR count). The van der Waals surface area contributed by atoms with Gasteiger partial charge >= 0.3 is 5.97 Å². The Balaban J connectivity index is 1.49. The lowest BCUT2D eigenvalue weighted by atomic mass is 9.48. The predicted molar refractivity (Wildman–Crippen MR) is 129 cm³/mol. The summed E-state index contributed by atoms with van der Waals surface area (Å²) in [6.45, 7) is 6.44. The van der Waals surface area contributed by atoms with Gasteiger partial charge in [-0.05, 0) is 128 Å². The summed E-state index contributed by atoms with van der Waals surface area (Å²) in [5.41, 5.74) is 7.11. The molecule has 0 atom stereocenters. The van der Waals surface area contributed by atoms with Crippen molar-refractivity contribution in [3.63, 3.8) is 0 Å². The smallest absolute Gasteiger partial charge is 0.330 e. The van der Waals surface area contributed by atoms with Gasteiger partial charge in [0, 0.05) is 11.6 Å². The number of benzene rings is 2. The van der Waals surface area contributed by atoms with Crippen LogP contribution in [0.1, 0.15) is 67.7 Å². The zero-order chi connectivity index (χ0) is 22.5. The quantitative estimate of drug-likeness (QED) is 0.423. The van der Waals surface area contributed by atoms with Crippen molar-refractivity contribution in [2.24, 2.45) is 17.8 Å². The first-order chi connectivity index (χ1) is 15.4. The molecular weight excluding hydrogens is 396 g/mol. The van der Waals surface area contributed by atoms with Crippen molar-refractivity contribution >= 4 is 12.0 Å². The number of carbonyl (C=O) groups is 1. The van der Waals surface area contributed by atoms with Gasteiger partial charge in [-0.2, -0.15) is 0 Å². The number of phenols is 1. The van der Waals surface area contributed by atoms with E-state index in [2.05, 4.69) is 38.1 Å². The Morgan fingerprint density at radius 2 is 1.62 bits per heavy atom. The summed E-state index contributed by atoms with van der Waals surface area (Å²) in [5.74, 6) is 2.69. The Kier molecular flexibility index (Phi) is 5.39. The van der Waals surface area contributed by atoms with Gasteiger partial charge in [0.1, 0.15) is 5.75 Å². The summed E-state index contributed by atoms with van der Waals surface area (Å²) in [7, 11) is 0. The van der Waals surface area contributed by atoms with Crippen LogP contribution >= 0.6 is 0 Å². The van der Waals surface area contributed by atoms with Gasteiger partial charge in [0.25, 0.3) is 0 Å². The lowest BCUT2D eigenvalue weighted by Gasteiger charge is -2.57. The molecule has 3 nitrogen and oxygen atoms in total. The average molecular weight is 431 g/mol. The SMILES string of the molecule is CCOC(=O)/C=C/c1cc(C)c(-c2ccc(O)c(C34CC5CC(CC(C5)C3)C4)c2)c(C)c1. The van der Waals surface area contributed by atoms with Crippen LogP contribution < -0.4 is 0 Å². The minimum absolute atomic E-state index is 0.166. The summed E-state index contributed by atoms with van der Waals surface area (Å²) in [5, 5.41) is 10.9. The van der Waals surface area contributed by atoms with Gasteiger partial charge < -0.3 is 9.84 Å². The Labute approximate surface area is 191 Å². The largest absolute Gasteiger partial charge is 0.508 e. The molecule has 168 valence electrons. The molecule has 4 bridgehead atoms. The van der Waals surface area contributed by atoms with Gasteiger partial charge in [-0.25, -0.2) is 4.79 Å². The van der Waals surface area contributed by atoms with Gasteiger partial charge in [-0.1, -0.05) is 18.2 Å². The lowest BCUT2D eigenvalue weighted by molar-refractivity contribution is -0.137. The molecule has 0 spiro atoms. The van der Waals surface area contributed by atoms with E-state index in [1.165, 1.54) is 72.4 Å². The van der Waals surface area contributed by atoms with Crippen molar-refractivity contribution in [1.82, 2.24) is 0 Å². The first-order valence-corrected chi connectivity index (χ1v) is 12.2. The monoisotopic (exact) mass is 430 g/mol. The summed E-state index contributed by atoms with van der Waals surface area (Å²) < 4.78 is 4.99. The Morgan fingerprint density at radius 1 is 1.03 bits per heavy atom. The molecule has 4 fully saturated rings. The maximum atomic E-state index is 11.7. The highest BCUT2D eigenvalue weighted by Gasteiger charge is 2.52. The molecule has 2 aromatic rings. The molecule has 2 aromatic carbocycles. The average Bonchev–Trinajstić information content (AvgIpc) is 2.72. The van der Waals surface area contributed by atoms with Crippen LogP contribution in [0.5, 0.6) is 5.75 Å². The molecule has 0 saturated heterocycles. The zero-order valence-corrected chi connectivity index (χ0v) is 19.5. The molecule has 4 aliphatic carbocycles. The van der Waals surface area contributed by atoms with E-state index in [0.29, 0.717) is 12.4 Å². The van der Waals surface area contributed by atoms with E-state index in [9.17, 15) is 9.90 Å². The lowest BCUT2D eigenvalue weighted by Crippen LogP contribution is -2.48. The van der Waals surface area contributed by atoms with E-state index >= 15 is 0 Å². The molecule has 1 N–H and O–H groups in total. The highest BCUT2D eigenvalue weighted by atomic mass is 16.5. The Bertz CT molecular complexity index is 1020. The predicted octanol–water partition coefficient (Wildman–Crippen LogP) is 6.72. The second kappa shape index (κ2) is 8.10. The van der Waals surface area contributed by atoms with Crippen molar-refractivity contribution in [2.75, 3.05) is 6.61 Å². The van der Waals surface area contributed by atoms with Crippen LogP contribution in [0.4, 0.5) is 0 Å². The topological polar surface area (TPSA) is 46.5 Å². The third kappa shape index (κ3) is 3.76. The first kappa shape index (κ1) is 21.3. The van der Waals surface area contributed by atoms with E-state index in [4.69, 9.17) is 4.74 Å². The second-order valence-corrected chi connectivity index (χ2v) is 10.5. The highest BCUT2D eigenvalue weighted by molar-refractivity contribution is 5.87. The van der Waals surface area contributed by atoms with Gasteiger partial charge in [-0.3, -0.25) is 0 Å². The van der Waals surface area contributed by atoms with Crippen LogP contribution in [-0.4, -0.2) is 17.7 Å². The minimum atomic E-state index is -0.314. The fourth-order valence-corrected chi connectivity index (χ4v) is 7.46. The summed E-state index contributed by atoms with van der Waals surface area (Å²) in [6.07, 6.45) is 11.2. The van der Waals surface area contributed by atoms with Crippen LogP contribution in [-0.2, 0) is 14.9 Å². The molecule has 4 saturated carbocycles. The molecule has 0 aromatic heterocycles. The molecular formula is C29H34O3. The molecule has 0 unspecified atom stereocenters. The molecule has 32 heavy (non-hydrogen) atoms. The van der Waals surface area contributed by atoms with Crippen LogP contribution in [0.3, 0.4) is 0 Å². The number of ether oxygens (including phenoxy) is 1. The van der Waals surface area contributed by atoms with Gasteiger partial charge in [0.15, 0.2) is 0 Å². The molecule has 4 aliphatic rings. The number of aryl methyl sites for hydroxylation is 2. The molecule has 0 radical (unpaired) electrons. The van der Waals surface area contributed by atoms with E-state index in [1.807, 2.05) is 19.1 Å². The van der Waals surface area contributed by atoms with Gasteiger partial charge in [-0.15, -0.1) is 0 Å². The molecule has 3 heteroatoms. The normalized spacial score (nSPS) is 28.4. The number of esters is 1. The van der Waals surface area contributed by atoms with E-state index in [-0.39, 0.29) is 11.4 Å². The van der Waals surface area contributed by atoms with Crippen molar-refractivity contribution in [1.29, 1.82) is 0 Å². The third-order valence-corrected chi connectivity index (χ3v) is 8.15. The fraction of sp³-hybridized carbons (Fsp3) is 0.483. The van der Waals surface area contributed by atoms with Crippen molar-refractivity contribution in [3.8, 4) is 16.9 Å². The molecule has 0 heterocycles. The first-order valence-electron chi connectivity index (χ1n) is 12.2. The van der Waals surface area contributed by atoms with Crippen LogP contribution in [0.2, 0.25) is 0 Å². The standard InChI is InChI=1S/C29H34O3/c1-4-32-27(31)8-5-20-9-18(2)28(19(3)10-20)24-6-7-26(30)25(14-24)29-15-21-11-22(16-29)13-23(12-21)17-29/h5-10,14,21-23,30H,4,11-13,15-17H2,1-3H3/b8-5+. The van der Waals surface area contributed by atoms with Crippen LogP contribution in [0, 0.1) is 31.6 Å². The number of aromatic hydroxyl groups is 1. The Morgan fingerprint density at radius 3 is 2.19 bits per heavy atom. The summed E-state index contributed by atoms with van der Waals surface area (Å²) >= 11 is 0. The summed E-state index contributed by atoms with van der Waals surface area (Å²) in [6, 6.07) is 10.5. The number of rotatable bonds is 5.